The molecule has 1 aliphatic carbocycles. The van der Waals surface area contributed by atoms with E-state index in [-0.39, 0.29) is 0 Å². The molecule has 1 aliphatic rings. The maximum absolute atomic E-state index is 3.62. The van der Waals surface area contributed by atoms with Crippen molar-refractivity contribution in [2.45, 2.75) is 52.9 Å². The van der Waals surface area contributed by atoms with Crippen LogP contribution < -0.4 is 10.6 Å². The van der Waals surface area contributed by atoms with Gasteiger partial charge in [-0.2, -0.15) is 0 Å². The van der Waals surface area contributed by atoms with E-state index in [9.17, 15) is 0 Å². The van der Waals surface area contributed by atoms with E-state index in [1.54, 1.807) is 0 Å². The van der Waals surface area contributed by atoms with Gasteiger partial charge in [0.1, 0.15) is 0 Å². The first-order valence-corrected chi connectivity index (χ1v) is 7.60. The third-order valence-electron chi connectivity index (χ3n) is 3.83. The number of nitrogens with one attached hydrogen (secondary N) is 2. The van der Waals surface area contributed by atoms with Crippen LogP contribution in [0.3, 0.4) is 0 Å². The van der Waals surface area contributed by atoms with E-state index < -0.39 is 0 Å². The van der Waals surface area contributed by atoms with Crippen LogP contribution in [0.4, 0.5) is 0 Å². The fraction of sp³-hybridized carbons (Fsp3) is 1.00. The smallest absolute Gasteiger partial charge is 0.00205 e. The molecule has 0 atom stereocenters. The Morgan fingerprint density at radius 2 is 1.65 bits per heavy atom. The van der Waals surface area contributed by atoms with Crippen molar-refractivity contribution in [1.29, 1.82) is 0 Å². The highest BCUT2D eigenvalue weighted by Gasteiger charge is 2.17. The zero-order valence-electron chi connectivity index (χ0n) is 12.1. The average molecular weight is 240 g/mol. The Morgan fingerprint density at radius 1 is 1.00 bits per heavy atom. The molecule has 0 radical (unpaired) electrons. The largest absolute Gasteiger partial charge is 0.316 e. The summed E-state index contributed by atoms with van der Waals surface area (Å²) < 4.78 is 0. The molecule has 102 valence electrons. The second-order valence-corrected chi connectivity index (χ2v) is 6.28. The first kappa shape index (κ1) is 15.0. The van der Waals surface area contributed by atoms with Crippen molar-refractivity contribution in [2.75, 3.05) is 26.2 Å². The van der Waals surface area contributed by atoms with Gasteiger partial charge in [0.15, 0.2) is 0 Å². The highest BCUT2D eigenvalue weighted by molar-refractivity contribution is 4.71. The van der Waals surface area contributed by atoms with Gasteiger partial charge in [0.2, 0.25) is 0 Å². The molecule has 0 unspecified atom stereocenters. The average Bonchev–Trinajstić information content (AvgIpc) is 2.30. The van der Waals surface area contributed by atoms with Gasteiger partial charge in [-0.3, -0.25) is 0 Å². The number of hydrogen-bond acceptors (Lipinski definition) is 2. The molecule has 0 saturated heterocycles. The molecule has 1 saturated carbocycles. The predicted octanol–water partition coefficient (Wildman–Crippen LogP) is 3.04. The standard InChI is InChI=1S/C15H32N2/c1-13(2)11-16-9-4-10-17-12-15-7-5-14(3)6-8-15/h13-17H,4-12H2,1-3H3. The summed E-state index contributed by atoms with van der Waals surface area (Å²) in [5.74, 6) is 2.70. The van der Waals surface area contributed by atoms with Crippen molar-refractivity contribution >= 4 is 0 Å². The molecular weight excluding hydrogens is 208 g/mol. The summed E-state index contributed by atoms with van der Waals surface area (Å²) in [6.45, 7) is 11.6. The van der Waals surface area contributed by atoms with Crippen molar-refractivity contribution in [2.24, 2.45) is 17.8 Å². The quantitative estimate of drug-likeness (QED) is 0.637. The van der Waals surface area contributed by atoms with Gasteiger partial charge < -0.3 is 10.6 Å². The normalized spacial score (nSPS) is 25.4. The minimum absolute atomic E-state index is 0.771. The van der Waals surface area contributed by atoms with Crippen LogP contribution in [0, 0.1) is 17.8 Å². The van der Waals surface area contributed by atoms with E-state index in [2.05, 4.69) is 31.4 Å². The first-order chi connectivity index (χ1) is 8.18. The van der Waals surface area contributed by atoms with Gasteiger partial charge in [0, 0.05) is 0 Å². The zero-order valence-corrected chi connectivity index (χ0v) is 12.1. The van der Waals surface area contributed by atoms with Gasteiger partial charge in [0.25, 0.3) is 0 Å². The lowest BCUT2D eigenvalue weighted by Crippen LogP contribution is -2.29. The fourth-order valence-corrected chi connectivity index (χ4v) is 2.57. The molecule has 0 aromatic heterocycles. The molecule has 2 N–H and O–H groups in total. The molecule has 0 aromatic carbocycles. The highest BCUT2D eigenvalue weighted by Crippen LogP contribution is 2.27. The maximum Gasteiger partial charge on any atom is -0.00205 e. The lowest BCUT2D eigenvalue weighted by molar-refractivity contribution is 0.281. The predicted molar refractivity (Wildman–Crippen MR) is 76.3 cm³/mol. The highest BCUT2D eigenvalue weighted by atomic mass is 14.9. The molecule has 1 rings (SSSR count). The van der Waals surface area contributed by atoms with Gasteiger partial charge in [-0.25, -0.2) is 0 Å². The van der Waals surface area contributed by atoms with E-state index in [0.717, 1.165) is 30.8 Å². The van der Waals surface area contributed by atoms with E-state index in [1.165, 1.54) is 45.2 Å². The maximum atomic E-state index is 3.62. The van der Waals surface area contributed by atoms with Crippen molar-refractivity contribution in [1.82, 2.24) is 10.6 Å². The van der Waals surface area contributed by atoms with Crippen LogP contribution in [0.1, 0.15) is 52.9 Å². The van der Waals surface area contributed by atoms with Crippen LogP contribution in [-0.4, -0.2) is 26.2 Å². The molecule has 17 heavy (non-hydrogen) atoms. The summed E-state index contributed by atoms with van der Waals surface area (Å²) in [6.07, 6.45) is 7.04. The zero-order chi connectivity index (χ0) is 12.5. The van der Waals surface area contributed by atoms with Gasteiger partial charge in [-0.05, 0) is 63.2 Å². The summed E-state index contributed by atoms with van der Waals surface area (Å²) >= 11 is 0. The van der Waals surface area contributed by atoms with E-state index in [4.69, 9.17) is 0 Å². The Balaban J connectivity index is 1.84. The lowest BCUT2D eigenvalue weighted by atomic mass is 9.83. The van der Waals surface area contributed by atoms with Gasteiger partial charge in [-0.15, -0.1) is 0 Å². The van der Waals surface area contributed by atoms with Gasteiger partial charge in [-0.1, -0.05) is 33.6 Å². The van der Waals surface area contributed by atoms with E-state index >= 15 is 0 Å². The minimum Gasteiger partial charge on any atom is -0.316 e. The summed E-state index contributed by atoms with van der Waals surface area (Å²) in [5.41, 5.74) is 0. The molecule has 0 spiro atoms. The van der Waals surface area contributed by atoms with Gasteiger partial charge >= 0.3 is 0 Å². The Morgan fingerprint density at radius 3 is 2.29 bits per heavy atom. The first-order valence-electron chi connectivity index (χ1n) is 7.60. The monoisotopic (exact) mass is 240 g/mol. The molecule has 0 heterocycles. The number of rotatable bonds is 8. The van der Waals surface area contributed by atoms with Crippen LogP contribution in [0.2, 0.25) is 0 Å². The van der Waals surface area contributed by atoms with Crippen LogP contribution in [0.15, 0.2) is 0 Å². The minimum atomic E-state index is 0.771. The SMILES string of the molecule is CC(C)CNCCCNCC1CCC(C)CC1. The molecule has 2 nitrogen and oxygen atoms in total. The Kier molecular flexibility index (Phi) is 7.87. The van der Waals surface area contributed by atoms with Crippen molar-refractivity contribution in [3.63, 3.8) is 0 Å². The molecule has 0 amide bonds. The fourth-order valence-electron chi connectivity index (χ4n) is 2.57. The Hall–Kier alpha value is -0.0800. The third-order valence-corrected chi connectivity index (χ3v) is 3.83. The lowest BCUT2D eigenvalue weighted by Gasteiger charge is -2.26. The third kappa shape index (κ3) is 7.77. The molecule has 2 heteroatoms. The van der Waals surface area contributed by atoms with Crippen molar-refractivity contribution in [3.8, 4) is 0 Å². The molecule has 0 aliphatic heterocycles. The van der Waals surface area contributed by atoms with Gasteiger partial charge in [0.05, 0.1) is 0 Å². The van der Waals surface area contributed by atoms with Crippen LogP contribution in [0.5, 0.6) is 0 Å². The second kappa shape index (κ2) is 8.93. The van der Waals surface area contributed by atoms with Crippen LogP contribution in [0.25, 0.3) is 0 Å². The summed E-state index contributed by atoms with van der Waals surface area (Å²) in [4.78, 5) is 0. The number of hydrogen-bond donors (Lipinski definition) is 2. The summed E-state index contributed by atoms with van der Waals surface area (Å²) in [7, 11) is 0. The van der Waals surface area contributed by atoms with E-state index in [1.807, 2.05) is 0 Å². The summed E-state index contributed by atoms with van der Waals surface area (Å²) in [5, 5.41) is 7.11. The molecule has 0 aromatic rings. The molecular formula is C15H32N2. The van der Waals surface area contributed by atoms with Crippen molar-refractivity contribution in [3.05, 3.63) is 0 Å². The summed E-state index contributed by atoms with van der Waals surface area (Å²) in [6, 6.07) is 0. The topological polar surface area (TPSA) is 24.1 Å². The second-order valence-electron chi connectivity index (χ2n) is 6.28. The Bertz CT molecular complexity index is 172. The van der Waals surface area contributed by atoms with Crippen LogP contribution in [-0.2, 0) is 0 Å². The molecule has 0 bridgehead atoms. The van der Waals surface area contributed by atoms with E-state index in [0.29, 0.717) is 0 Å². The molecule has 1 fully saturated rings. The Labute approximate surface area is 108 Å². The van der Waals surface area contributed by atoms with Crippen LogP contribution >= 0.6 is 0 Å². The van der Waals surface area contributed by atoms with Crippen molar-refractivity contribution < 1.29 is 0 Å².